The van der Waals surface area contributed by atoms with Crippen LogP contribution < -0.4 is 15.4 Å². The number of fused-ring (bicyclic) bond motifs is 1. The minimum atomic E-state index is -0.279. The van der Waals surface area contributed by atoms with Gasteiger partial charge in [0.25, 0.3) is 5.91 Å². The SMILES string of the molecule is CCCNC(=O)Nc1ccc2c(c1)OC[C@@H](C)N(C)C[C@H](C)[C@H](OC)CN(C)C2=O. The van der Waals surface area contributed by atoms with Crippen LogP contribution in [0.2, 0.25) is 0 Å². The molecule has 0 bridgehead atoms. The Bertz CT molecular complexity index is 727. The van der Waals surface area contributed by atoms with E-state index in [2.05, 4.69) is 36.4 Å². The Hall–Kier alpha value is -2.32. The Morgan fingerprint density at radius 3 is 2.67 bits per heavy atom. The topological polar surface area (TPSA) is 83.1 Å². The number of carbonyl (C=O) groups excluding carboxylic acids is 2. The number of likely N-dealkylation sites (N-methyl/N-ethyl adjacent to an activating group) is 2. The first-order valence-electron chi connectivity index (χ1n) is 10.6. The number of ether oxygens (including phenoxy) is 2. The summed E-state index contributed by atoms with van der Waals surface area (Å²) in [4.78, 5) is 29.0. The van der Waals surface area contributed by atoms with E-state index in [1.54, 1.807) is 37.3 Å². The van der Waals surface area contributed by atoms with Crippen LogP contribution in [0, 0.1) is 5.92 Å². The molecule has 0 aliphatic carbocycles. The van der Waals surface area contributed by atoms with Gasteiger partial charge in [0.15, 0.2) is 0 Å². The summed E-state index contributed by atoms with van der Waals surface area (Å²) in [6.07, 6.45) is 0.786. The molecule has 8 heteroatoms. The molecule has 0 saturated heterocycles. The summed E-state index contributed by atoms with van der Waals surface area (Å²) in [5, 5.41) is 5.57. The van der Waals surface area contributed by atoms with Crippen molar-refractivity contribution in [2.45, 2.75) is 39.3 Å². The first kappa shape index (κ1) is 24.0. The second-order valence-corrected chi connectivity index (χ2v) is 8.13. The fraction of sp³-hybridized carbons (Fsp3) is 0.636. The van der Waals surface area contributed by atoms with Crippen LogP contribution in [0.3, 0.4) is 0 Å². The highest BCUT2D eigenvalue weighted by Crippen LogP contribution is 2.26. The Labute approximate surface area is 179 Å². The molecule has 168 valence electrons. The Morgan fingerprint density at radius 2 is 2.00 bits per heavy atom. The fourth-order valence-corrected chi connectivity index (χ4v) is 3.44. The smallest absolute Gasteiger partial charge is 0.319 e. The predicted octanol–water partition coefficient (Wildman–Crippen LogP) is 2.65. The van der Waals surface area contributed by atoms with Gasteiger partial charge >= 0.3 is 6.03 Å². The lowest BCUT2D eigenvalue weighted by Gasteiger charge is -2.34. The van der Waals surface area contributed by atoms with E-state index >= 15 is 0 Å². The van der Waals surface area contributed by atoms with E-state index in [-0.39, 0.29) is 30.0 Å². The first-order valence-corrected chi connectivity index (χ1v) is 10.6. The quantitative estimate of drug-likeness (QED) is 0.783. The van der Waals surface area contributed by atoms with Crippen molar-refractivity contribution in [3.63, 3.8) is 0 Å². The van der Waals surface area contributed by atoms with Crippen molar-refractivity contribution >= 4 is 17.6 Å². The summed E-state index contributed by atoms with van der Waals surface area (Å²) in [6.45, 7) is 8.56. The van der Waals surface area contributed by atoms with Gasteiger partial charge in [0.2, 0.25) is 0 Å². The molecule has 1 aliphatic heterocycles. The summed E-state index contributed by atoms with van der Waals surface area (Å²) in [6, 6.07) is 5.00. The highest BCUT2D eigenvalue weighted by atomic mass is 16.5. The van der Waals surface area contributed by atoms with Gasteiger partial charge < -0.3 is 25.0 Å². The van der Waals surface area contributed by atoms with Crippen LogP contribution in [-0.2, 0) is 4.74 Å². The van der Waals surface area contributed by atoms with Gasteiger partial charge in [-0.2, -0.15) is 0 Å². The molecule has 0 aromatic heterocycles. The normalized spacial score (nSPS) is 23.6. The van der Waals surface area contributed by atoms with Gasteiger partial charge in [0.1, 0.15) is 12.4 Å². The number of rotatable bonds is 4. The number of urea groups is 1. The zero-order chi connectivity index (χ0) is 22.3. The third kappa shape index (κ3) is 6.34. The van der Waals surface area contributed by atoms with Crippen molar-refractivity contribution in [2.75, 3.05) is 52.8 Å². The molecule has 3 amide bonds. The summed E-state index contributed by atoms with van der Waals surface area (Å²) >= 11 is 0. The molecule has 3 atom stereocenters. The molecule has 1 heterocycles. The minimum Gasteiger partial charge on any atom is -0.491 e. The summed E-state index contributed by atoms with van der Waals surface area (Å²) in [5.41, 5.74) is 1.05. The van der Waals surface area contributed by atoms with Crippen LogP contribution in [0.5, 0.6) is 5.75 Å². The van der Waals surface area contributed by atoms with Crippen molar-refractivity contribution in [1.82, 2.24) is 15.1 Å². The fourth-order valence-electron chi connectivity index (χ4n) is 3.44. The van der Waals surface area contributed by atoms with Crippen molar-refractivity contribution < 1.29 is 19.1 Å². The summed E-state index contributed by atoms with van der Waals surface area (Å²) < 4.78 is 11.7. The maximum atomic E-state index is 13.1. The number of nitrogens with zero attached hydrogens (tertiary/aromatic N) is 2. The van der Waals surface area contributed by atoms with Gasteiger partial charge in [-0.15, -0.1) is 0 Å². The van der Waals surface area contributed by atoms with E-state index in [9.17, 15) is 9.59 Å². The number of benzene rings is 1. The molecule has 1 aromatic carbocycles. The third-order valence-electron chi connectivity index (χ3n) is 5.55. The highest BCUT2D eigenvalue weighted by Gasteiger charge is 2.27. The van der Waals surface area contributed by atoms with Crippen LogP contribution in [0.4, 0.5) is 10.5 Å². The molecule has 0 spiro atoms. The molecule has 0 unspecified atom stereocenters. The largest absolute Gasteiger partial charge is 0.491 e. The van der Waals surface area contributed by atoms with Gasteiger partial charge in [-0.25, -0.2) is 4.79 Å². The van der Waals surface area contributed by atoms with E-state index in [0.717, 1.165) is 13.0 Å². The number of methoxy groups -OCH3 is 1. The molecule has 1 aliphatic rings. The number of hydrogen-bond donors (Lipinski definition) is 2. The van der Waals surface area contributed by atoms with Crippen molar-refractivity contribution in [3.8, 4) is 5.75 Å². The second kappa shape index (κ2) is 11.2. The van der Waals surface area contributed by atoms with Gasteiger partial charge in [-0.05, 0) is 38.4 Å². The van der Waals surface area contributed by atoms with Gasteiger partial charge in [-0.1, -0.05) is 13.8 Å². The molecular formula is C22H36N4O4. The number of anilines is 1. The molecule has 2 rings (SSSR count). The van der Waals surface area contributed by atoms with E-state index in [1.807, 2.05) is 6.92 Å². The van der Waals surface area contributed by atoms with Crippen LogP contribution >= 0.6 is 0 Å². The zero-order valence-corrected chi connectivity index (χ0v) is 19.0. The standard InChI is InChI=1S/C22H36N4O4/c1-7-10-23-22(28)24-17-8-9-18-19(11-17)30-14-16(3)25(4)12-15(2)20(29-6)13-26(5)21(18)27/h8-9,11,15-16,20H,7,10,12-14H2,1-6H3,(H2,23,24,28)/t15-,16+,20+/m0/s1. The Kier molecular flexibility index (Phi) is 8.92. The third-order valence-corrected chi connectivity index (χ3v) is 5.55. The lowest BCUT2D eigenvalue weighted by Crippen LogP contribution is -2.45. The van der Waals surface area contributed by atoms with E-state index < -0.39 is 0 Å². The van der Waals surface area contributed by atoms with Crippen LogP contribution in [0.25, 0.3) is 0 Å². The average Bonchev–Trinajstić information content (AvgIpc) is 2.72. The summed E-state index contributed by atoms with van der Waals surface area (Å²) in [5.74, 6) is 0.579. The molecule has 0 radical (unpaired) electrons. The van der Waals surface area contributed by atoms with Gasteiger partial charge in [-0.3, -0.25) is 9.69 Å². The lowest BCUT2D eigenvalue weighted by molar-refractivity contribution is 0.0150. The molecule has 8 nitrogen and oxygen atoms in total. The number of nitrogens with one attached hydrogen (secondary N) is 2. The molecule has 1 aromatic rings. The second-order valence-electron chi connectivity index (χ2n) is 8.13. The Balaban J connectivity index is 2.32. The van der Waals surface area contributed by atoms with E-state index in [0.29, 0.717) is 36.7 Å². The first-order chi connectivity index (χ1) is 14.3. The number of carbonyl (C=O) groups is 2. The van der Waals surface area contributed by atoms with Crippen LogP contribution in [-0.4, -0.2) is 81.3 Å². The van der Waals surface area contributed by atoms with E-state index in [1.165, 1.54) is 0 Å². The maximum Gasteiger partial charge on any atom is 0.319 e. The monoisotopic (exact) mass is 420 g/mol. The number of amides is 3. The molecule has 30 heavy (non-hydrogen) atoms. The maximum absolute atomic E-state index is 13.1. The molecule has 0 saturated carbocycles. The van der Waals surface area contributed by atoms with Crippen LogP contribution in [0.1, 0.15) is 37.6 Å². The van der Waals surface area contributed by atoms with Crippen LogP contribution in [0.15, 0.2) is 18.2 Å². The predicted molar refractivity (Wildman–Crippen MR) is 118 cm³/mol. The van der Waals surface area contributed by atoms with Crippen molar-refractivity contribution in [3.05, 3.63) is 23.8 Å². The van der Waals surface area contributed by atoms with Gasteiger partial charge in [0, 0.05) is 51.6 Å². The molecular weight excluding hydrogens is 384 g/mol. The summed E-state index contributed by atoms with van der Waals surface area (Å²) in [7, 11) is 5.52. The number of hydrogen-bond acceptors (Lipinski definition) is 5. The zero-order valence-electron chi connectivity index (χ0n) is 19.0. The van der Waals surface area contributed by atoms with Crippen molar-refractivity contribution in [1.29, 1.82) is 0 Å². The van der Waals surface area contributed by atoms with E-state index in [4.69, 9.17) is 9.47 Å². The molecule has 0 fully saturated rings. The molecule has 2 N–H and O–H groups in total. The Morgan fingerprint density at radius 1 is 1.27 bits per heavy atom. The minimum absolute atomic E-state index is 0.0689. The average molecular weight is 421 g/mol. The van der Waals surface area contributed by atoms with Crippen molar-refractivity contribution in [2.24, 2.45) is 5.92 Å². The van der Waals surface area contributed by atoms with Gasteiger partial charge in [0.05, 0.1) is 11.7 Å². The lowest BCUT2D eigenvalue weighted by atomic mass is 10.0. The highest BCUT2D eigenvalue weighted by molar-refractivity contribution is 5.98.